The summed E-state index contributed by atoms with van der Waals surface area (Å²) < 4.78 is 31.6. The Hall–Kier alpha value is -1.28. The van der Waals surface area contributed by atoms with Crippen molar-refractivity contribution >= 4 is 28.3 Å². The van der Waals surface area contributed by atoms with Crippen molar-refractivity contribution in [1.29, 1.82) is 0 Å². The summed E-state index contributed by atoms with van der Waals surface area (Å²) >= 11 is 0. The Kier molecular flexibility index (Phi) is 31.4. The van der Waals surface area contributed by atoms with E-state index in [1.165, 1.54) is 36.4 Å². The molecule has 2 atom stereocenters. The van der Waals surface area contributed by atoms with Gasteiger partial charge in [0.25, 0.3) is 0 Å². The molecule has 23 heteroatoms. The molecule has 0 spiro atoms. The minimum Gasteiger partial charge on any atom is -0.550 e. The number of aliphatic hydroxyl groups is 3. The first kappa shape index (κ1) is 61.0. The predicted molar refractivity (Wildman–Crippen MR) is 168 cm³/mol. The van der Waals surface area contributed by atoms with E-state index < -0.39 is 59.0 Å². The minimum atomic E-state index is -4.67. The van der Waals surface area contributed by atoms with Crippen LogP contribution in [0.3, 0.4) is 0 Å². The molecule has 0 heterocycles. The van der Waals surface area contributed by atoms with E-state index in [1.807, 2.05) is 41.5 Å². The van der Waals surface area contributed by atoms with Gasteiger partial charge in [-0.15, -0.1) is 0 Å². The third-order valence-electron chi connectivity index (χ3n) is 5.52. The third kappa shape index (κ3) is 34.9. The summed E-state index contributed by atoms with van der Waals surface area (Å²) in [5, 5.41) is 102. The summed E-state index contributed by atoms with van der Waals surface area (Å²) in [6.07, 6.45) is -4.22. The fourth-order valence-electron chi connectivity index (χ4n) is 3.35. The Balaban J connectivity index is -0.000000200. The van der Waals surface area contributed by atoms with Crippen LogP contribution in [-0.4, -0.2) is 101 Å². The van der Waals surface area contributed by atoms with Gasteiger partial charge in [-0.3, -0.25) is 9.11 Å². The molecule has 2 unspecified atom stereocenters. The van der Waals surface area contributed by atoms with Crippen molar-refractivity contribution in [3.63, 3.8) is 0 Å². The number of rotatable bonds is 11. The van der Waals surface area contributed by atoms with Crippen LogP contribution >= 0.6 is 0 Å². The molecule has 0 aliphatic heterocycles. The van der Waals surface area contributed by atoms with Gasteiger partial charge in [-0.2, -0.15) is 8.42 Å². The normalized spacial score (nSPS) is 12.1. The van der Waals surface area contributed by atoms with E-state index in [4.69, 9.17) is 22.6 Å². The second-order valence-corrected chi connectivity index (χ2v) is 13.6. The quantitative estimate of drug-likeness (QED) is 0.0742. The molecule has 2 rings (SSSR count). The average molecular weight is 807 g/mol. The number of carbonyl (C=O) groups is 3. The zero-order valence-electron chi connectivity index (χ0n) is 31.1. The van der Waals surface area contributed by atoms with Crippen molar-refractivity contribution in [1.82, 2.24) is 10.6 Å². The summed E-state index contributed by atoms with van der Waals surface area (Å²) in [7, 11) is -4.67. The molecule has 11 N–H and O–H groups in total. The molecule has 0 saturated carbocycles. The number of aliphatic carboxylic acids is 3. The molecule has 53 heavy (non-hydrogen) atoms. The van der Waals surface area contributed by atoms with E-state index in [9.17, 15) is 60.3 Å². The second kappa shape index (κ2) is 27.3. The van der Waals surface area contributed by atoms with Gasteiger partial charge in [0.1, 0.15) is 28.6 Å². The van der Waals surface area contributed by atoms with E-state index in [0.29, 0.717) is 24.2 Å². The van der Waals surface area contributed by atoms with E-state index in [-0.39, 0.29) is 123 Å². The molecule has 286 valence electrons. The number of aliphatic hydroxyl groups excluding tert-OH is 2. The maximum Gasteiger partial charge on any atom is 1.00 e. The molecule has 0 amide bonds. The van der Waals surface area contributed by atoms with Crippen molar-refractivity contribution in [3.8, 4) is 23.0 Å². The summed E-state index contributed by atoms with van der Waals surface area (Å²) in [5.41, 5.74) is -2.15. The van der Waals surface area contributed by atoms with E-state index in [0.717, 1.165) is 0 Å². The Morgan fingerprint density at radius 3 is 1.02 bits per heavy atom. The van der Waals surface area contributed by atoms with Gasteiger partial charge < -0.3 is 76.1 Å². The van der Waals surface area contributed by atoms with E-state index in [2.05, 4.69) is 10.6 Å². The first-order valence-corrected chi connectivity index (χ1v) is 15.7. The van der Waals surface area contributed by atoms with Crippen molar-refractivity contribution in [2.75, 3.05) is 13.1 Å². The molecular formula is C30H45N2Na3O17S. The van der Waals surface area contributed by atoms with Crippen LogP contribution in [0.4, 0.5) is 0 Å². The molecule has 0 fully saturated rings. The van der Waals surface area contributed by atoms with Crippen LogP contribution in [-0.2, 0) is 24.8 Å². The van der Waals surface area contributed by atoms with Crippen LogP contribution in [0.2, 0.25) is 0 Å². The third-order valence-corrected chi connectivity index (χ3v) is 5.52. The summed E-state index contributed by atoms with van der Waals surface area (Å²) in [6.45, 7) is 12.7. The molecule has 0 aliphatic rings. The number of carboxylic acids is 3. The maximum atomic E-state index is 10.1. The number of hydrogen-bond donors (Lipinski definition) is 11. The van der Waals surface area contributed by atoms with E-state index >= 15 is 0 Å². The fourth-order valence-corrected chi connectivity index (χ4v) is 3.35. The number of aromatic hydroxyl groups is 4. The first-order valence-electron chi connectivity index (χ1n) is 14.3. The minimum absolute atomic E-state index is 0. The largest absolute Gasteiger partial charge is 1.00 e. The molecule has 0 aromatic heterocycles. The van der Waals surface area contributed by atoms with Crippen LogP contribution < -0.4 is 115 Å². The topological polar surface area (TPSA) is 361 Å². The summed E-state index contributed by atoms with van der Waals surface area (Å²) in [4.78, 5) is 30.0. The Morgan fingerprint density at radius 1 is 0.623 bits per heavy atom. The average Bonchev–Trinajstić information content (AvgIpc) is 2.87. The number of benzene rings is 2. The number of β-amino-alcohol motifs (C(OH)–C–C–N with tert-alkyl or cyclic N) is 2. The number of nitrogens with one attached hydrogen (secondary N) is 2. The molecule has 2 aromatic rings. The summed E-state index contributed by atoms with van der Waals surface area (Å²) in [5.74, 6) is -6.19. The number of carbonyl (C=O) groups excluding carboxylic acids is 3. The maximum absolute atomic E-state index is 10.1. The fraction of sp³-hybridized carbons (Fsp3) is 0.500. The van der Waals surface area contributed by atoms with Gasteiger partial charge in [0.05, 0.1) is 18.2 Å². The molecule has 0 saturated heterocycles. The van der Waals surface area contributed by atoms with Crippen molar-refractivity contribution in [2.24, 2.45) is 0 Å². The molecule has 0 radical (unpaired) electrons. The molecule has 0 bridgehead atoms. The van der Waals surface area contributed by atoms with Crippen LogP contribution in [0.1, 0.15) is 77.7 Å². The van der Waals surface area contributed by atoms with Gasteiger partial charge in [-0.1, -0.05) is 0 Å². The zero-order valence-corrected chi connectivity index (χ0v) is 38.0. The van der Waals surface area contributed by atoms with Gasteiger partial charge in [0.15, 0.2) is 0 Å². The van der Waals surface area contributed by atoms with E-state index in [1.54, 1.807) is 0 Å². The second-order valence-electron chi connectivity index (χ2n) is 12.7. The van der Waals surface area contributed by atoms with Crippen LogP contribution in [0.15, 0.2) is 36.4 Å². The smallest absolute Gasteiger partial charge is 0.550 e. The summed E-state index contributed by atoms with van der Waals surface area (Å²) in [6, 6.07) is 8.22. The van der Waals surface area contributed by atoms with Gasteiger partial charge in [-0.25, -0.2) is 0 Å². The van der Waals surface area contributed by atoms with Gasteiger partial charge >= 0.3 is 99.1 Å². The van der Waals surface area contributed by atoms with Crippen LogP contribution in [0, 0.1) is 0 Å². The van der Waals surface area contributed by atoms with Gasteiger partial charge in [0, 0.05) is 61.1 Å². The number of phenolic OH excluding ortho intramolecular Hbond substituents is 4. The number of carboxylic acid groups (broad SMARTS) is 3. The van der Waals surface area contributed by atoms with Crippen molar-refractivity contribution < 1.29 is 172 Å². The number of hydrogen-bond acceptors (Lipinski definition) is 17. The van der Waals surface area contributed by atoms with Crippen LogP contribution in [0.5, 0.6) is 23.0 Å². The van der Waals surface area contributed by atoms with Crippen LogP contribution in [0.25, 0.3) is 0 Å². The molecule has 19 nitrogen and oxygen atoms in total. The number of phenols is 4. The van der Waals surface area contributed by atoms with Gasteiger partial charge in [0.2, 0.25) is 0 Å². The Labute approximate surface area is 373 Å². The zero-order chi connectivity index (χ0) is 39.8. The van der Waals surface area contributed by atoms with Gasteiger partial charge in [-0.05, 0) is 76.9 Å². The van der Waals surface area contributed by atoms with Crippen molar-refractivity contribution in [2.45, 2.75) is 83.3 Å². The van der Waals surface area contributed by atoms with Crippen molar-refractivity contribution in [3.05, 3.63) is 47.5 Å². The monoisotopic (exact) mass is 806 g/mol. The molecular weight excluding hydrogens is 761 g/mol. The molecule has 2 aromatic carbocycles. The SMILES string of the molecule is CC(C)(C)NCC(O)c1cc(O)cc(O)c1.CC(C)(C)NCC(O)c1cc(O)cc(O)c1.O=C([O-])CC(O)(CC(=O)[O-])C(=O)[O-].O=S(=O)(O)O.[Na+].[Na+].[Na+]. The molecule has 0 aliphatic carbocycles. The predicted octanol–water partition coefficient (Wildman–Crippen LogP) is -11.9. The standard InChI is InChI=1S/2C12H19NO3.C6H8O7.3Na.H2O4S/c2*1-12(2,3)13-7-11(16)8-4-9(14)6-10(15)5-8;7-3(8)1-6(13,5(11)12)2-4(9)10;;;;1-5(2,3)4/h2*4-6,11,13-16H,7H2,1-3H3;13H,1-2H2,(H,7,8)(H,9,10)(H,11,12);;;;(H2,1,2,3,4)/q;;;3*+1;/p-3. The Bertz CT molecular complexity index is 1380. The first-order chi connectivity index (χ1) is 22.3. The Morgan fingerprint density at radius 2 is 0.849 bits per heavy atom.